The number of rotatable bonds is 9. The van der Waals surface area contributed by atoms with E-state index >= 15 is 0 Å². The summed E-state index contributed by atoms with van der Waals surface area (Å²) in [6, 6.07) is 11.4. The predicted molar refractivity (Wildman–Crippen MR) is 74.8 cm³/mol. The molecule has 0 aliphatic rings. The number of benzene rings is 1. The first-order valence-corrected chi connectivity index (χ1v) is 7.61. The van der Waals surface area contributed by atoms with E-state index in [4.69, 9.17) is 0 Å². The minimum absolute atomic E-state index is 1.16. The highest BCUT2D eigenvalue weighted by Crippen LogP contribution is 2.14. The third-order valence-electron chi connectivity index (χ3n) is 2.70. The monoisotopic (exact) mass is 235 g/mol. The normalized spacial score (nSPS) is 10.6. The van der Waals surface area contributed by atoms with Crippen molar-refractivity contribution in [2.24, 2.45) is 0 Å². The maximum atomic E-state index is 3.05. The fourth-order valence-electron chi connectivity index (χ4n) is 1.69. The Hall–Kier alpha value is -0.430. The minimum Gasteiger partial charge on any atom is -0.157 e. The van der Waals surface area contributed by atoms with Gasteiger partial charge in [-0.1, -0.05) is 63.3 Å². The van der Waals surface area contributed by atoms with E-state index in [-0.39, 0.29) is 0 Å². The summed E-state index contributed by atoms with van der Waals surface area (Å²) >= 11 is 2.06. The van der Waals surface area contributed by atoms with Gasteiger partial charge >= 0.3 is 0 Å². The van der Waals surface area contributed by atoms with Gasteiger partial charge in [-0.05, 0) is 23.8 Å². The molecule has 0 nitrogen and oxygen atoms in total. The molecule has 0 amide bonds. The van der Waals surface area contributed by atoms with Crippen LogP contribution >= 0.6 is 11.8 Å². The van der Waals surface area contributed by atoms with Crippen molar-refractivity contribution >= 4 is 11.8 Å². The van der Waals surface area contributed by atoms with E-state index in [1.54, 1.807) is 0 Å². The van der Waals surface area contributed by atoms with Gasteiger partial charge in [0.05, 0.1) is 0 Å². The maximum absolute atomic E-state index is 3.05. The Morgan fingerprint density at radius 3 is 2.44 bits per heavy atom. The van der Waals surface area contributed by atoms with Crippen LogP contribution in [0.2, 0.25) is 0 Å². The molecule has 1 aromatic carbocycles. The van der Waals surface area contributed by atoms with E-state index in [9.17, 15) is 0 Å². The van der Waals surface area contributed by atoms with Gasteiger partial charge in [0.25, 0.3) is 0 Å². The van der Waals surface area contributed by atoms with Crippen LogP contribution in [0, 0.1) is 6.07 Å². The molecule has 0 heterocycles. The number of thioether (sulfide) groups is 1. The van der Waals surface area contributed by atoms with Gasteiger partial charge in [0.15, 0.2) is 0 Å². The summed E-state index contributed by atoms with van der Waals surface area (Å²) in [5.41, 5.74) is 1.43. The lowest BCUT2D eigenvalue weighted by Crippen LogP contribution is -1.84. The maximum Gasteiger partial charge on any atom is 0.0184 e. The zero-order chi connectivity index (χ0) is 11.5. The van der Waals surface area contributed by atoms with Crippen LogP contribution in [0.25, 0.3) is 0 Å². The Bertz CT molecular complexity index is 243. The molecule has 0 bridgehead atoms. The molecule has 0 aliphatic heterocycles. The fourth-order valence-corrected chi connectivity index (χ4v) is 2.67. The highest BCUT2D eigenvalue weighted by molar-refractivity contribution is 7.98. The smallest absolute Gasteiger partial charge is 0.0184 e. The zero-order valence-corrected chi connectivity index (χ0v) is 11.2. The van der Waals surface area contributed by atoms with Crippen LogP contribution in [0.4, 0.5) is 0 Å². The van der Waals surface area contributed by atoms with Crippen LogP contribution in [0.1, 0.15) is 51.0 Å². The average Bonchev–Trinajstić information content (AvgIpc) is 2.34. The lowest BCUT2D eigenvalue weighted by atomic mass is 10.1. The Balaban J connectivity index is 1.89. The van der Waals surface area contributed by atoms with Gasteiger partial charge in [-0.25, -0.2) is 0 Å². The van der Waals surface area contributed by atoms with Crippen molar-refractivity contribution in [3.05, 3.63) is 35.9 Å². The second kappa shape index (κ2) is 9.77. The van der Waals surface area contributed by atoms with Crippen molar-refractivity contribution in [3.63, 3.8) is 0 Å². The van der Waals surface area contributed by atoms with E-state index in [0.717, 1.165) is 5.75 Å². The molecule has 0 fully saturated rings. The first-order chi connectivity index (χ1) is 7.93. The Kier molecular flexibility index (Phi) is 8.33. The molecule has 0 atom stereocenters. The molecule has 0 spiro atoms. The largest absolute Gasteiger partial charge is 0.157 e. The van der Waals surface area contributed by atoms with Crippen LogP contribution in [-0.4, -0.2) is 5.75 Å². The van der Waals surface area contributed by atoms with E-state index in [1.165, 1.54) is 49.8 Å². The highest BCUT2D eigenvalue weighted by atomic mass is 32.2. The van der Waals surface area contributed by atoms with Gasteiger partial charge in [0.2, 0.25) is 0 Å². The van der Waals surface area contributed by atoms with Crippen molar-refractivity contribution in [2.45, 2.75) is 51.2 Å². The molecule has 1 aromatic rings. The van der Waals surface area contributed by atoms with Crippen LogP contribution in [0.15, 0.2) is 24.3 Å². The first-order valence-electron chi connectivity index (χ1n) is 6.46. The number of unbranched alkanes of at least 4 members (excludes halogenated alkanes) is 5. The molecular weight excluding hydrogens is 212 g/mol. The summed E-state index contributed by atoms with van der Waals surface area (Å²) in [5.74, 6) is 2.47. The topological polar surface area (TPSA) is 0 Å². The molecular formula is C15H23S. The first kappa shape index (κ1) is 13.6. The van der Waals surface area contributed by atoms with E-state index in [2.05, 4.69) is 36.9 Å². The SMILES string of the molecule is CCCCCCCCSCc1cc[c]cc1. The summed E-state index contributed by atoms with van der Waals surface area (Å²) in [6.45, 7) is 2.27. The molecule has 0 N–H and O–H groups in total. The molecule has 0 saturated carbocycles. The van der Waals surface area contributed by atoms with Crippen molar-refractivity contribution in [3.8, 4) is 0 Å². The van der Waals surface area contributed by atoms with Gasteiger partial charge in [-0.3, -0.25) is 0 Å². The molecule has 1 radical (unpaired) electrons. The fraction of sp³-hybridized carbons (Fsp3) is 0.600. The summed E-state index contributed by atoms with van der Waals surface area (Å²) in [4.78, 5) is 0. The van der Waals surface area contributed by atoms with Gasteiger partial charge in [-0.15, -0.1) is 0 Å². The minimum atomic E-state index is 1.16. The summed E-state index contributed by atoms with van der Waals surface area (Å²) in [6.07, 6.45) is 8.40. The lowest BCUT2D eigenvalue weighted by Gasteiger charge is -2.02. The van der Waals surface area contributed by atoms with Gasteiger partial charge in [0, 0.05) is 5.75 Å². The molecule has 1 rings (SSSR count). The average molecular weight is 235 g/mol. The molecule has 16 heavy (non-hydrogen) atoms. The third-order valence-corrected chi connectivity index (χ3v) is 3.81. The summed E-state index contributed by atoms with van der Waals surface area (Å²) in [7, 11) is 0. The van der Waals surface area contributed by atoms with Crippen molar-refractivity contribution in [2.75, 3.05) is 5.75 Å². The molecule has 0 unspecified atom stereocenters. The quantitative estimate of drug-likeness (QED) is 0.538. The Morgan fingerprint density at radius 1 is 1.00 bits per heavy atom. The molecule has 89 valence electrons. The Morgan fingerprint density at radius 2 is 1.69 bits per heavy atom. The molecule has 0 aliphatic carbocycles. The van der Waals surface area contributed by atoms with Crippen LogP contribution in [0.3, 0.4) is 0 Å². The molecule has 0 aromatic heterocycles. The van der Waals surface area contributed by atoms with Crippen LogP contribution < -0.4 is 0 Å². The number of hydrogen-bond donors (Lipinski definition) is 0. The number of hydrogen-bond acceptors (Lipinski definition) is 1. The van der Waals surface area contributed by atoms with Gasteiger partial charge in [-0.2, -0.15) is 11.8 Å². The zero-order valence-electron chi connectivity index (χ0n) is 10.4. The predicted octanol–water partition coefficient (Wildman–Crippen LogP) is 5.08. The van der Waals surface area contributed by atoms with Crippen molar-refractivity contribution in [1.82, 2.24) is 0 Å². The van der Waals surface area contributed by atoms with E-state index in [0.29, 0.717) is 0 Å². The third kappa shape index (κ3) is 6.95. The van der Waals surface area contributed by atoms with Crippen molar-refractivity contribution < 1.29 is 0 Å². The van der Waals surface area contributed by atoms with Crippen molar-refractivity contribution in [1.29, 1.82) is 0 Å². The van der Waals surface area contributed by atoms with Gasteiger partial charge < -0.3 is 0 Å². The second-order valence-corrected chi connectivity index (χ2v) is 5.33. The highest BCUT2D eigenvalue weighted by Gasteiger charge is 1.93. The van der Waals surface area contributed by atoms with Crippen LogP contribution in [0.5, 0.6) is 0 Å². The van der Waals surface area contributed by atoms with E-state index in [1.807, 2.05) is 12.1 Å². The van der Waals surface area contributed by atoms with Gasteiger partial charge in [0.1, 0.15) is 0 Å². The molecule has 1 heteroatoms. The lowest BCUT2D eigenvalue weighted by molar-refractivity contribution is 0.627. The summed E-state index contributed by atoms with van der Waals surface area (Å²) < 4.78 is 0. The van der Waals surface area contributed by atoms with Crippen LogP contribution in [-0.2, 0) is 5.75 Å². The Labute approximate surface area is 105 Å². The standard InChI is InChI=1S/C15H23S/c1-2-3-4-5-6-10-13-16-14-15-11-8-7-9-12-15/h8-9,11-12H,2-6,10,13-14H2,1H3. The van der Waals surface area contributed by atoms with E-state index < -0.39 is 0 Å². The second-order valence-electron chi connectivity index (χ2n) is 4.23. The summed E-state index contributed by atoms with van der Waals surface area (Å²) in [5, 5.41) is 0. The molecule has 0 saturated heterocycles.